The zero-order valence-electron chi connectivity index (χ0n) is 16.5. The number of nitrogens with one attached hydrogen (secondary N) is 1. The van der Waals surface area contributed by atoms with E-state index in [1.165, 1.54) is 36.6 Å². The van der Waals surface area contributed by atoms with Crippen molar-refractivity contribution in [3.05, 3.63) is 41.7 Å². The summed E-state index contributed by atoms with van der Waals surface area (Å²) in [5.74, 6) is 1.27. The molecule has 3 rings (SSSR count). The van der Waals surface area contributed by atoms with Crippen LogP contribution in [-0.2, 0) is 22.6 Å². The second-order valence-electron chi connectivity index (χ2n) is 6.94. The molecule has 0 radical (unpaired) electrons. The Bertz CT molecular complexity index is 731. The zero-order chi connectivity index (χ0) is 19.6. The van der Waals surface area contributed by atoms with Gasteiger partial charge in [-0.3, -0.25) is 9.69 Å². The van der Waals surface area contributed by atoms with Crippen molar-refractivity contribution >= 4 is 17.7 Å². The lowest BCUT2D eigenvalue weighted by atomic mass is 10.1. The summed E-state index contributed by atoms with van der Waals surface area (Å²) in [4.78, 5) is 14.5. The van der Waals surface area contributed by atoms with Gasteiger partial charge in [0.2, 0.25) is 5.91 Å². The smallest absolute Gasteiger partial charge is 0.230 e. The van der Waals surface area contributed by atoms with E-state index in [1.54, 1.807) is 7.11 Å². The molecule has 8 heteroatoms. The molecule has 7 nitrogen and oxygen atoms in total. The average Bonchev–Trinajstić information content (AvgIpc) is 3.09. The maximum atomic E-state index is 12.0. The highest BCUT2D eigenvalue weighted by molar-refractivity contribution is 7.99. The first-order chi connectivity index (χ1) is 13.8. The third-order valence-corrected chi connectivity index (χ3v) is 5.72. The molecule has 2 heterocycles. The van der Waals surface area contributed by atoms with Crippen molar-refractivity contribution in [1.82, 2.24) is 25.0 Å². The number of methoxy groups -OCH3 is 1. The number of likely N-dealkylation sites (tertiary alicyclic amines) is 1. The molecule has 2 aromatic rings. The highest BCUT2D eigenvalue weighted by Gasteiger charge is 2.18. The molecule has 0 spiro atoms. The Morgan fingerprint density at radius 2 is 1.93 bits per heavy atom. The van der Waals surface area contributed by atoms with Crippen molar-refractivity contribution in [2.75, 3.05) is 39.1 Å². The Morgan fingerprint density at radius 1 is 1.14 bits per heavy atom. The van der Waals surface area contributed by atoms with Gasteiger partial charge in [-0.05, 0) is 31.5 Å². The number of aromatic nitrogens is 3. The third kappa shape index (κ3) is 6.32. The molecule has 152 valence electrons. The van der Waals surface area contributed by atoms with Gasteiger partial charge < -0.3 is 14.6 Å². The summed E-state index contributed by atoms with van der Waals surface area (Å²) in [7, 11) is 1.62. The lowest BCUT2D eigenvalue weighted by molar-refractivity contribution is -0.118. The molecule has 1 amide bonds. The number of hydrogen-bond acceptors (Lipinski definition) is 6. The van der Waals surface area contributed by atoms with E-state index in [0.29, 0.717) is 25.4 Å². The molecular weight excluding hydrogens is 374 g/mol. The fourth-order valence-corrected chi connectivity index (χ4v) is 4.05. The molecule has 0 aliphatic carbocycles. The van der Waals surface area contributed by atoms with Crippen LogP contribution in [0.25, 0.3) is 0 Å². The maximum Gasteiger partial charge on any atom is 0.230 e. The van der Waals surface area contributed by atoms with Crippen LogP contribution in [-0.4, -0.2) is 64.7 Å². The largest absolute Gasteiger partial charge is 0.383 e. The predicted octanol–water partition coefficient (Wildman–Crippen LogP) is 2.17. The number of carbonyl (C=O) groups excluding carboxylic acids is 1. The number of ether oxygens (including phenoxy) is 1. The number of thioether (sulfide) groups is 1. The molecule has 1 aromatic heterocycles. The lowest BCUT2D eigenvalue weighted by Crippen LogP contribution is -2.30. The molecule has 0 bridgehead atoms. The van der Waals surface area contributed by atoms with Crippen molar-refractivity contribution in [3.63, 3.8) is 0 Å². The van der Waals surface area contributed by atoms with Crippen LogP contribution in [0, 0.1) is 0 Å². The van der Waals surface area contributed by atoms with Crippen LogP contribution >= 0.6 is 11.8 Å². The first kappa shape index (κ1) is 20.8. The minimum atomic E-state index is -0.0195. The minimum absolute atomic E-state index is 0.0195. The minimum Gasteiger partial charge on any atom is -0.383 e. The first-order valence-corrected chi connectivity index (χ1v) is 10.8. The molecule has 0 atom stereocenters. The average molecular weight is 404 g/mol. The molecule has 1 aromatic carbocycles. The van der Waals surface area contributed by atoms with Crippen LogP contribution in [0.5, 0.6) is 0 Å². The molecule has 1 fully saturated rings. The maximum absolute atomic E-state index is 12.0. The molecule has 1 N–H and O–H groups in total. The molecule has 1 aliphatic rings. The summed E-state index contributed by atoms with van der Waals surface area (Å²) in [5, 5.41) is 12.5. The Hall–Kier alpha value is -1.90. The van der Waals surface area contributed by atoms with Crippen LogP contribution in [0.3, 0.4) is 0 Å². The number of amides is 1. The Balaban J connectivity index is 1.68. The highest BCUT2D eigenvalue weighted by atomic mass is 32.2. The van der Waals surface area contributed by atoms with Gasteiger partial charge in [-0.25, -0.2) is 0 Å². The van der Waals surface area contributed by atoms with Gasteiger partial charge in [-0.2, -0.15) is 0 Å². The second-order valence-corrected chi connectivity index (χ2v) is 7.88. The standard InChI is InChI=1S/C20H29N5O2S/c1-27-13-10-21-19(26)16-28-20-23-22-18(15-24-11-6-3-7-12-24)25(20)14-17-8-4-2-5-9-17/h2,4-5,8-9H,3,6-7,10-16H2,1H3,(H,21,26). The van der Waals surface area contributed by atoms with E-state index in [-0.39, 0.29) is 5.91 Å². The van der Waals surface area contributed by atoms with E-state index in [1.807, 2.05) is 18.2 Å². The van der Waals surface area contributed by atoms with Gasteiger partial charge in [0, 0.05) is 13.7 Å². The van der Waals surface area contributed by atoms with Crippen molar-refractivity contribution < 1.29 is 9.53 Å². The summed E-state index contributed by atoms with van der Waals surface area (Å²) in [6.07, 6.45) is 3.80. The quantitative estimate of drug-likeness (QED) is 0.484. The molecule has 0 unspecified atom stereocenters. The number of benzene rings is 1. The van der Waals surface area contributed by atoms with Crippen LogP contribution < -0.4 is 5.32 Å². The summed E-state index contributed by atoms with van der Waals surface area (Å²) in [5.41, 5.74) is 1.20. The van der Waals surface area contributed by atoms with Crippen LogP contribution in [0.15, 0.2) is 35.5 Å². The van der Waals surface area contributed by atoms with Crippen LogP contribution in [0.1, 0.15) is 30.7 Å². The number of nitrogens with zero attached hydrogens (tertiary/aromatic N) is 4. The summed E-state index contributed by atoms with van der Waals surface area (Å²) >= 11 is 1.43. The molecule has 0 saturated carbocycles. The normalized spacial score (nSPS) is 14.9. The van der Waals surface area contributed by atoms with E-state index >= 15 is 0 Å². The predicted molar refractivity (Wildman–Crippen MR) is 110 cm³/mol. The molecule has 1 aliphatic heterocycles. The van der Waals surface area contributed by atoms with Crippen molar-refractivity contribution in [2.24, 2.45) is 0 Å². The summed E-state index contributed by atoms with van der Waals surface area (Å²) < 4.78 is 7.11. The van der Waals surface area contributed by atoms with Crippen molar-refractivity contribution in [1.29, 1.82) is 0 Å². The summed E-state index contributed by atoms with van der Waals surface area (Å²) in [6, 6.07) is 10.3. The van der Waals surface area contributed by atoms with Gasteiger partial charge in [0.25, 0.3) is 0 Å². The number of hydrogen-bond donors (Lipinski definition) is 1. The Morgan fingerprint density at radius 3 is 2.68 bits per heavy atom. The first-order valence-electron chi connectivity index (χ1n) is 9.83. The van der Waals surface area contributed by atoms with Gasteiger partial charge >= 0.3 is 0 Å². The van der Waals surface area contributed by atoms with E-state index in [0.717, 1.165) is 30.6 Å². The SMILES string of the molecule is COCCNC(=O)CSc1nnc(CN2CCCCC2)n1Cc1ccccc1. The zero-order valence-corrected chi connectivity index (χ0v) is 17.3. The van der Waals surface area contributed by atoms with Crippen LogP contribution in [0.2, 0.25) is 0 Å². The third-order valence-electron chi connectivity index (χ3n) is 4.75. The van der Waals surface area contributed by atoms with Gasteiger partial charge in [-0.15, -0.1) is 10.2 Å². The fraction of sp³-hybridized carbons (Fsp3) is 0.550. The topological polar surface area (TPSA) is 72.3 Å². The lowest BCUT2D eigenvalue weighted by Gasteiger charge is -2.26. The monoisotopic (exact) mass is 403 g/mol. The number of rotatable bonds is 10. The van der Waals surface area contributed by atoms with Gasteiger partial charge in [0.05, 0.1) is 25.4 Å². The number of piperidine rings is 1. The van der Waals surface area contributed by atoms with Crippen LogP contribution in [0.4, 0.5) is 0 Å². The number of carbonyl (C=O) groups is 1. The van der Waals surface area contributed by atoms with Gasteiger partial charge in [0.1, 0.15) is 5.82 Å². The summed E-state index contributed by atoms with van der Waals surface area (Å²) in [6.45, 7) is 4.78. The van der Waals surface area contributed by atoms with Gasteiger partial charge in [-0.1, -0.05) is 48.5 Å². The molecule has 28 heavy (non-hydrogen) atoms. The Kier molecular flexibility index (Phi) is 8.32. The Labute approximate surface area is 170 Å². The van der Waals surface area contributed by atoms with Gasteiger partial charge in [0.15, 0.2) is 5.16 Å². The van der Waals surface area contributed by atoms with E-state index in [2.05, 4.69) is 37.1 Å². The fourth-order valence-electron chi connectivity index (χ4n) is 3.26. The second kappa shape index (κ2) is 11.2. The van der Waals surface area contributed by atoms with Crippen molar-refractivity contribution in [2.45, 2.75) is 37.5 Å². The van der Waals surface area contributed by atoms with E-state index < -0.39 is 0 Å². The molecule has 1 saturated heterocycles. The van der Waals surface area contributed by atoms with Crippen molar-refractivity contribution in [3.8, 4) is 0 Å². The highest BCUT2D eigenvalue weighted by Crippen LogP contribution is 2.20. The molecular formula is C20H29N5O2S. The van der Waals surface area contributed by atoms with E-state index in [9.17, 15) is 4.79 Å². The van der Waals surface area contributed by atoms with E-state index in [4.69, 9.17) is 4.74 Å².